The van der Waals surface area contributed by atoms with Crippen LogP contribution in [0, 0.1) is 11.7 Å². The second kappa shape index (κ2) is 10.4. The van der Waals surface area contributed by atoms with Crippen molar-refractivity contribution in [3.05, 3.63) is 64.4 Å². The normalized spacial score (nSPS) is 13.1. The number of rotatable bonds is 9. The molecule has 0 fully saturated rings. The summed E-state index contributed by atoms with van der Waals surface area (Å²) in [4.78, 5) is 14.2. The quantitative estimate of drug-likeness (QED) is 0.452. The summed E-state index contributed by atoms with van der Waals surface area (Å²) in [5.41, 5.74) is 3.56. The van der Waals surface area contributed by atoms with Crippen LogP contribution in [0.4, 0.5) is 10.1 Å². The molecule has 0 saturated heterocycles. The highest BCUT2D eigenvalue weighted by molar-refractivity contribution is 9.10. The number of anilines is 1. The summed E-state index contributed by atoms with van der Waals surface area (Å²) in [6.07, 6.45) is 0.529. The molecule has 2 N–H and O–H groups in total. The topological polar surface area (TPSA) is 61.8 Å². The lowest BCUT2D eigenvalue weighted by molar-refractivity contribution is -0.134. The molecule has 2 rings (SSSR count). The van der Waals surface area contributed by atoms with Gasteiger partial charge in [-0.1, -0.05) is 34.1 Å². The van der Waals surface area contributed by atoms with Crippen molar-refractivity contribution in [1.82, 2.24) is 5.48 Å². The molecule has 2 aromatic rings. The van der Waals surface area contributed by atoms with Crippen molar-refractivity contribution in [1.29, 1.82) is 0 Å². The Kier molecular flexibility index (Phi) is 8.22. The van der Waals surface area contributed by atoms with Gasteiger partial charge >= 0.3 is 0 Å². The zero-order chi connectivity index (χ0) is 19.8. The van der Waals surface area contributed by atoms with Gasteiger partial charge in [-0.25, -0.2) is 9.87 Å². The lowest BCUT2D eigenvalue weighted by Gasteiger charge is -2.25. The molecule has 0 bridgehead atoms. The van der Waals surface area contributed by atoms with Crippen molar-refractivity contribution >= 4 is 27.5 Å². The number of hydrogen-bond donors (Lipinski definition) is 2. The van der Waals surface area contributed by atoms with E-state index in [1.807, 2.05) is 36.2 Å². The van der Waals surface area contributed by atoms with E-state index in [4.69, 9.17) is 9.94 Å². The number of benzene rings is 2. The van der Waals surface area contributed by atoms with E-state index in [0.29, 0.717) is 19.4 Å². The van der Waals surface area contributed by atoms with E-state index >= 15 is 0 Å². The van der Waals surface area contributed by atoms with Crippen LogP contribution in [0.1, 0.15) is 24.5 Å². The van der Waals surface area contributed by atoms with Gasteiger partial charge in [0.05, 0.1) is 6.10 Å². The largest absolute Gasteiger partial charge is 0.377 e. The summed E-state index contributed by atoms with van der Waals surface area (Å²) in [6.45, 7) is 0.619. The second-order valence-electron chi connectivity index (χ2n) is 6.37. The van der Waals surface area contributed by atoms with Crippen LogP contribution in [-0.2, 0) is 9.53 Å². The highest BCUT2D eigenvalue weighted by Crippen LogP contribution is 2.27. The number of hydroxylamine groups is 1. The van der Waals surface area contributed by atoms with Crippen molar-refractivity contribution in [2.24, 2.45) is 5.92 Å². The molecule has 0 aliphatic rings. The summed E-state index contributed by atoms with van der Waals surface area (Å²) in [5, 5.41) is 9.11. The lowest BCUT2D eigenvalue weighted by atomic mass is 9.93. The summed E-state index contributed by atoms with van der Waals surface area (Å²) in [7, 11) is 3.50. The van der Waals surface area contributed by atoms with Crippen molar-refractivity contribution in [2.45, 2.75) is 18.9 Å². The van der Waals surface area contributed by atoms with Crippen LogP contribution in [0.2, 0.25) is 0 Å². The maximum atomic E-state index is 13.2. The number of ether oxygens (including phenoxy) is 1. The molecule has 0 spiro atoms. The van der Waals surface area contributed by atoms with E-state index in [-0.39, 0.29) is 11.9 Å². The number of nitrogens with one attached hydrogen (secondary N) is 1. The average Bonchev–Trinajstić information content (AvgIpc) is 2.68. The summed E-state index contributed by atoms with van der Waals surface area (Å²) >= 11 is 3.45. The Balaban J connectivity index is 2.05. The predicted octanol–water partition coefficient (Wildman–Crippen LogP) is 4.31. The molecule has 5 nitrogen and oxygen atoms in total. The zero-order valence-electron chi connectivity index (χ0n) is 15.4. The fourth-order valence-electron chi connectivity index (χ4n) is 2.94. The fraction of sp³-hybridized carbons (Fsp3) is 0.350. The molecule has 27 heavy (non-hydrogen) atoms. The maximum Gasteiger partial charge on any atom is 0.246 e. The number of carbonyl (C=O) groups is 1. The Labute approximate surface area is 167 Å². The predicted molar refractivity (Wildman–Crippen MR) is 106 cm³/mol. The first-order chi connectivity index (χ1) is 12.9. The summed E-state index contributed by atoms with van der Waals surface area (Å²) < 4.78 is 19.6. The number of hydrogen-bond acceptors (Lipinski definition) is 4. The zero-order valence-corrected chi connectivity index (χ0v) is 16.9. The highest BCUT2D eigenvalue weighted by Gasteiger charge is 2.24. The Morgan fingerprint density at radius 1 is 1.30 bits per heavy atom. The smallest absolute Gasteiger partial charge is 0.246 e. The van der Waals surface area contributed by atoms with Crippen LogP contribution >= 0.6 is 15.9 Å². The third kappa shape index (κ3) is 6.30. The van der Waals surface area contributed by atoms with Crippen LogP contribution in [0.3, 0.4) is 0 Å². The van der Waals surface area contributed by atoms with Gasteiger partial charge in [0.1, 0.15) is 5.82 Å². The number of halogens is 2. The van der Waals surface area contributed by atoms with Gasteiger partial charge in [0.15, 0.2) is 0 Å². The number of nitrogens with zero attached hydrogens (tertiary/aromatic N) is 1. The lowest BCUT2D eigenvalue weighted by Crippen LogP contribution is -2.32. The van der Waals surface area contributed by atoms with E-state index in [0.717, 1.165) is 15.7 Å². The van der Waals surface area contributed by atoms with Gasteiger partial charge in [-0.15, -0.1) is 0 Å². The Bertz CT molecular complexity index is 742. The van der Waals surface area contributed by atoms with E-state index < -0.39 is 11.8 Å². The van der Waals surface area contributed by atoms with Gasteiger partial charge in [-0.05, 0) is 48.7 Å². The fourth-order valence-corrected chi connectivity index (χ4v) is 3.33. The molecule has 0 heterocycles. The van der Waals surface area contributed by atoms with Gasteiger partial charge in [-0.3, -0.25) is 10.0 Å². The van der Waals surface area contributed by atoms with Crippen molar-refractivity contribution in [2.75, 3.05) is 25.6 Å². The molecule has 0 aromatic heterocycles. The first kappa shape index (κ1) is 21.3. The molecule has 1 amide bonds. The first-order valence-corrected chi connectivity index (χ1v) is 9.42. The Hall–Kier alpha value is -1.96. The molecule has 0 unspecified atom stereocenters. The van der Waals surface area contributed by atoms with Crippen molar-refractivity contribution in [3.8, 4) is 0 Å². The van der Waals surface area contributed by atoms with Crippen LogP contribution in [0.25, 0.3) is 0 Å². The molecule has 0 aliphatic heterocycles. The molecule has 7 heteroatoms. The monoisotopic (exact) mass is 438 g/mol. The summed E-state index contributed by atoms with van der Waals surface area (Å²) in [6, 6.07) is 13.9. The van der Waals surface area contributed by atoms with Gasteiger partial charge in [0, 0.05) is 36.8 Å². The van der Waals surface area contributed by atoms with E-state index in [1.165, 1.54) is 12.1 Å². The van der Waals surface area contributed by atoms with E-state index in [2.05, 4.69) is 15.9 Å². The Morgan fingerprint density at radius 3 is 2.59 bits per heavy atom. The molecule has 2 atom stereocenters. The third-order valence-corrected chi connectivity index (χ3v) is 5.06. The molecule has 2 aromatic carbocycles. The number of carbonyl (C=O) groups excluding carboxylic acids is 1. The van der Waals surface area contributed by atoms with E-state index in [9.17, 15) is 9.18 Å². The SMILES string of the molecule is CO[C@H](C[C@H](CCN(C)c1cccc(Br)c1)C(=O)NO)c1ccc(F)cc1. The molecular weight excluding hydrogens is 415 g/mol. The number of amides is 1. The highest BCUT2D eigenvalue weighted by atomic mass is 79.9. The molecule has 0 aliphatic carbocycles. The van der Waals surface area contributed by atoms with Crippen LogP contribution in [0.5, 0.6) is 0 Å². The summed E-state index contributed by atoms with van der Waals surface area (Å²) in [5.74, 6) is -1.24. The van der Waals surface area contributed by atoms with Gasteiger partial charge < -0.3 is 9.64 Å². The van der Waals surface area contributed by atoms with Crippen molar-refractivity contribution in [3.63, 3.8) is 0 Å². The average molecular weight is 439 g/mol. The minimum absolute atomic E-state index is 0.325. The molecule has 0 saturated carbocycles. The van der Waals surface area contributed by atoms with Gasteiger partial charge in [0.2, 0.25) is 5.91 Å². The number of methoxy groups -OCH3 is 1. The molecule has 0 radical (unpaired) electrons. The third-order valence-electron chi connectivity index (χ3n) is 4.57. The molecule has 146 valence electrons. The van der Waals surface area contributed by atoms with Gasteiger partial charge in [0.25, 0.3) is 0 Å². The minimum Gasteiger partial charge on any atom is -0.377 e. The first-order valence-electron chi connectivity index (χ1n) is 8.63. The Morgan fingerprint density at radius 2 is 2.00 bits per heavy atom. The van der Waals surface area contributed by atoms with Gasteiger partial charge in [-0.2, -0.15) is 0 Å². The van der Waals surface area contributed by atoms with Crippen LogP contribution < -0.4 is 10.4 Å². The second-order valence-corrected chi connectivity index (χ2v) is 7.29. The van der Waals surface area contributed by atoms with Crippen LogP contribution in [-0.4, -0.2) is 31.8 Å². The van der Waals surface area contributed by atoms with E-state index in [1.54, 1.807) is 24.7 Å². The molecular formula is C20H24BrFN2O3. The van der Waals surface area contributed by atoms with Crippen molar-refractivity contribution < 1.29 is 19.1 Å². The minimum atomic E-state index is -0.459. The standard InChI is InChI=1S/C20H24BrFN2O3/c1-24(18-5-3-4-16(21)13-18)11-10-15(20(25)23-26)12-19(27-2)14-6-8-17(22)9-7-14/h3-9,13,15,19,26H,10-12H2,1-2H3,(H,23,25)/t15-,19+/m0/s1. The van der Waals surface area contributed by atoms with Crippen LogP contribution in [0.15, 0.2) is 53.0 Å². The maximum absolute atomic E-state index is 13.2.